The van der Waals surface area contributed by atoms with Crippen LogP contribution in [0.15, 0.2) is 34.2 Å². The molecular formula is C10H6BrF3N2S. The zero-order chi connectivity index (χ0) is 12.6. The Bertz CT molecular complexity index is 600. The van der Waals surface area contributed by atoms with Gasteiger partial charge in [-0.3, -0.25) is 9.98 Å². The molecule has 1 aromatic heterocycles. The average Bonchev–Trinajstić information content (AvgIpc) is 2.57. The van der Waals surface area contributed by atoms with Gasteiger partial charge in [-0.15, -0.1) is 0 Å². The maximum atomic E-state index is 12.5. The Morgan fingerprint density at radius 2 is 2.00 bits per heavy atom. The molecule has 17 heavy (non-hydrogen) atoms. The predicted molar refractivity (Wildman–Crippen MR) is 62.2 cm³/mol. The van der Waals surface area contributed by atoms with Gasteiger partial charge in [-0.25, -0.2) is 0 Å². The minimum absolute atomic E-state index is 0.163. The van der Waals surface area contributed by atoms with Gasteiger partial charge in [-0.1, -0.05) is 17.4 Å². The topological polar surface area (TPSA) is 28.8 Å². The fourth-order valence-corrected chi connectivity index (χ4v) is 2.62. The molecule has 90 valence electrons. The van der Waals surface area contributed by atoms with Gasteiger partial charge in [0.1, 0.15) is 0 Å². The SMILES string of the molecule is N=c1sc(Br)cn1-c1cccc(C(F)(F)F)c1. The van der Waals surface area contributed by atoms with E-state index in [0.717, 1.165) is 23.5 Å². The van der Waals surface area contributed by atoms with E-state index in [0.29, 0.717) is 9.47 Å². The van der Waals surface area contributed by atoms with Crippen LogP contribution in [0.2, 0.25) is 0 Å². The van der Waals surface area contributed by atoms with Crippen molar-refractivity contribution in [2.45, 2.75) is 6.18 Å². The first kappa shape index (κ1) is 12.4. The van der Waals surface area contributed by atoms with Crippen molar-refractivity contribution in [2.75, 3.05) is 0 Å². The lowest BCUT2D eigenvalue weighted by atomic mass is 10.2. The monoisotopic (exact) mass is 322 g/mol. The largest absolute Gasteiger partial charge is 0.416 e. The molecule has 0 radical (unpaired) electrons. The van der Waals surface area contributed by atoms with Crippen LogP contribution in [0.3, 0.4) is 0 Å². The van der Waals surface area contributed by atoms with Crippen molar-refractivity contribution >= 4 is 27.3 Å². The third kappa shape index (κ3) is 2.61. The molecule has 2 rings (SSSR count). The molecule has 0 saturated heterocycles. The molecule has 0 bridgehead atoms. The summed E-state index contributed by atoms with van der Waals surface area (Å²) in [6.07, 6.45) is -2.80. The van der Waals surface area contributed by atoms with Gasteiger partial charge in [-0.2, -0.15) is 13.2 Å². The molecule has 2 nitrogen and oxygen atoms in total. The third-order valence-corrected chi connectivity index (χ3v) is 3.48. The minimum atomic E-state index is -4.37. The van der Waals surface area contributed by atoms with Gasteiger partial charge in [-0.05, 0) is 34.1 Å². The number of rotatable bonds is 1. The zero-order valence-electron chi connectivity index (χ0n) is 8.25. The molecule has 0 saturated carbocycles. The van der Waals surface area contributed by atoms with Crippen LogP contribution in [-0.2, 0) is 6.18 Å². The second kappa shape index (κ2) is 4.30. The normalized spacial score (nSPS) is 11.8. The Labute approximate surface area is 107 Å². The molecule has 0 spiro atoms. The summed E-state index contributed by atoms with van der Waals surface area (Å²) < 4.78 is 39.7. The molecule has 7 heteroatoms. The number of thiazole rings is 1. The summed E-state index contributed by atoms with van der Waals surface area (Å²) in [5.74, 6) is 0. The summed E-state index contributed by atoms with van der Waals surface area (Å²) in [5, 5.41) is 7.63. The van der Waals surface area contributed by atoms with Gasteiger partial charge < -0.3 is 0 Å². The lowest BCUT2D eigenvalue weighted by Crippen LogP contribution is -2.11. The molecule has 0 aliphatic carbocycles. The smallest absolute Gasteiger partial charge is 0.292 e. The van der Waals surface area contributed by atoms with Gasteiger partial charge in [0.2, 0.25) is 0 Å². The Morgan fingerprint density at radius 3 is 2.53 bits per heavy atom. The number of benzene rings is 1. The highest BCUT2D eigenvalue weighted by atomic mass is 79.9. The fourth-order valence-electron chi connectivity index (χ4n) is 1.35. The first-order valence-corrected chi connectivity index (χ1v) is 6.09. The predicted octanol–water partition coefficient (Wildman–Crippen LogP) is 3.80. The summed E-state index contributed by atoms with van der Waals surface area (Å²) in [7, 11) is 0. The van der Waals surface area contributed by atoms with Crippen LogP contribution < -0.4 is 4.80 Å². The molecule has 0 aliphatic heterocycles. The minimum Gasteiger partial charge on any atom is -0.292 e. The highest BCUT2D eigenvalue weighted by Crippen LogP contribution is 2.30. The maximum Gasteiger partial charge on any atom is 0.416 e. The average molecular weight is 323 g/mol. The summed E-state index contributed by atoms with van der Waals surface area (Å²) in [4.78, 5) is 0.163. The van der Waals surface area contributed by atoms with Gasteiger partial charge in [0.25, 0.3) is 0 Å². The van der Waals surface area contributed by atoms with Crippen LogP contribution in [0.4, 0.5) is 13.2 Å². The van der Waals surface area contributed by atoms with Crippen molar-refractivity contribution in [1.82, 2.24) is 4.57 Å². The molecule has 1 aromatic carbocycles. The lowest BCUT2D eigenvalue weighted by Gasteiger charge is -2.08. The van der Waals surface area contributed by atoms with Crippen molar-refractivity contribution in [3.8, 4) is 5.69 Å². The highest BCUT2D eigenvalue weighted by molar-refractivity contribution is 9.11. The Hall–Kier alpha value is -1.08. The standard InChI is InChI=1S/C10H6BrF3N2S/c11-8-5-16(9(15)17-8)7-3-1-2-6(4-7)10(12,13)14/h1-5,15H. The summed E-state index contributed by atoms with van der Waals surface area (Å²) >= 11 is 4.34. The van der Waals surface area contributed by atoms with Crippen molar-refractivity contribution in [1.29, 1.82) is 5.41 Å². The van der Waals surface area contributed by atoms with Crippen molar-refractivity contribution in [2.24, 2.45) is 0 Å². The van der Waals surface area contributed by atoms with Crippen LogP contribution in [0, 0.1) is 5.41 Å². The molecule has 0 fully saturated rings. The van der Waals surface area contributed by atoms with E-state index in [1.807, 2.05) is 0 Å². The van der Waals surface area contributed by atoms with Gasteiger partial charge in [0, 0.05) is 11.9 Å². The number of aromatic nitrogens is 1. The Balaban J connectivity index is 2.54. The van der Waals surface area contributed by atoms with Crippen LogP contribution in [0.1, 0.15) is 5.56 Å². The summed E-state index contributed by atoms with van der Waals surface area (Å²) in [5.41, 5.74) is -0.393. The van der Waals surface area contributed by atoms with E-state index in [1.54, 1.807) is 6.20 Å². The van der Waals surface area contributed by atoms with Gasteiger partial charge >= 0.3 is 6.18 Å². The zero-order valence-corrected chi connectivity index (χ0v) is 10.7. The second-order valence-electron chi connectivity index (χ2n) is 3.26. The highest BCUT2D eigenvalue weighted by Gasteiger charge is 2.30. The first-order valence-electron chi connectivity index (χ1n) is 4.48. The van der Waals surface area contributed by atoms with E-state index in [2.05, 4.69) is 15.9 Å². The summed E-state index contributed by atoms with van der Waals surface area (Å²) in [6, 6.07) is 4.90. The van der Waals surface area contributed by atoms with E-state index in [-0.39, 0.29) is 4.80 Å². The third-order valence-electron chi connectivity index (χ3n) is 2.10. The van der Waals surface area contributed by atoms with E-state index >= 15 is 0 Å². The number of alkyl halides is 3. The van der Waals surface area contributed by atoms with E-state index in [1.165, 1.54) is 16.7 Å². The number of halogens is 4. The van der Waals surface area contributed by atoms with E-state index in [9.17, 15) is 13.2 Å². The van der Waals surface area contributed by atoms with Crippen molar-refractivity contribution in [3.63, 3.8) is 0 Å². The van der Waals surface area contributed by atoms with Crippen molar-refractivity contribution < 1.29 is 13.2 Å². The molecule has 0 atom stereocenters. The number of nitrogens with zero attached hydrogens (tertiary/aromatic N) is 1. The quantitative estimate of drug-likeness (QED) is 0.827. The molecule has 0 amide bonds. The number of hydrogen-bond acceptors (Lipinski definition) is 2. The van der Waals surface area contributed by atoms with E-state index in [4.69, 9.17) is 5.41 Å². The van der Waals surface area contributed by atoms with Crippen LogP contribution in [-0.4, -0.2) is 4.57 Å². The van der Waals surface area contributed by atoms with Crippen LogP contribution in [0.25, 0.3) is 5.69 Å². The lowest BCUT2D eigenvalue weighted by molar-refractivity contribution is -0.137. The molecule has 2 aromatic rings. The number of hydrogen-bond donors (Lipinski definition) is 1. The maximum absolute atomic E-state index is 12.5. The van der Waals surface area contributed by atoms with Crippen LogP contribution in [0.5, 0.6) is 0 Å². The summed E-state index contributed by atoms with van der Waals surface area (Å²) in [6.45, 7) is 0. The molecule has 0 aliphatic rings. The van der Waals surface area contributed by atoms with Gasteiger partial charge in [0.15, 0.2) is 4.80 Å². The first-order chi connectivity index (χ1) is 7.88. The Morgan fingerprint density at radius 1 is 1.29 bits per heavy atom. The van der Waals surface area contributed by atoms with Gasteiger partial charge in [0.05, 0.1) is 9.35 Å². The van der Waals surface area contributed by atoms with Crippen LogP contribution >= 0.6 is 27.3 Å². The fraction of sp³-hybridized carbons (Fsp3) is 0.100. The van der Waals surface area contributed by atoms with E-state index < -0.39 is 11.7 Å². The molecule has 1 N–H and O–H groups in total. The Kier molecular flexibility index (Phi) is 3.13. The molecular weight excluding hydrogens is 317 g/mol. The van der Waals surface area contributed by atoms with Crippen molar-refractivity contribution in [3.05, 3.63) is 44.6 Å². The second-order valence-corrected chi connectivity index (χ2v) is 5.67. The molecule has 0 unspecified atom stereocenters. The molecule has 1 heterocycles. The number of nitrogens with one attached hydrogen (secondary N) is 1.